The summed E-state index contributed by atoms with van der Waals surface area (Å²) in [7, 11) is 4.68. The first-order valence-electron chi connectivity index (χ1n) is 7.65. The van der Waals surface area contributed by atoms with E-state index in [0.717, 1.165) is 22.4 Å². The molecule has 1 N–H and O–H groups in total. The van der Waals surface area contributed by atoms with Gasteiger partial charge in [0.15, 0.2) is 0 Å². The van der Waals surface area contributed by atoms with E-state index in [4.69, 9.17) is 14.2 Å². The van der Waals surface area contributed by atoms with E-state index in [1.54, 1.807) is 25.3 Å². The molecule has 0 heterocycles. The summed E-state index contributed by atoms with van der Waals surface area (Å²) in [5.74, 6) is 1.45. The number of benzene rings is 2. The number of amides is 1. The van der Waals surface area contributed by atoms with E-state index >= 15 is 0 Å². The summed E-state index contributed by atoms with van der Waals surface area (Å²) in [6, 6.07) is 9.26. The van der Waals surface area contributed by atoms with Crippen molar-refractivity contribution in [1.29, 1.82) is 0 Å². The Kier molecular flexibility index (Phi) is 5.68. The molecular formula is C19H23NO4. The number of hydrogen-bond acceptors (Lipinski definition) is 4. The molecule has 0 fully saturated rings. The normalized spacial score (nSPS) is 10.2. The summed E-state index contributed by atoms with van der Waals surface area (Å²) in [4.78, 5) is 12.6. The molecule has 0 aliphatic carbocycles. The number of hydrogen-bond donors (Lipinski definition) is 1. The molecule has 5 nitrogen and oxygen atoms in total. The Morgan fingerprint density at radius 2 is 1.54 bits per heavy atom. The number of carbonyl (C=O) groups is 1. The molecule has 0 saturated carbocycles. The maximum absolute atomic E-state index is 12.6. The highest BCUT2D eigenvalue weighted by atomic mass is 16.5. The summed E-state index contributed by atoms with van der Waals surface area (Å²) in [5.41, 5.74) is 3.52. The quantitative estimate of drug-likeness (QED) is 0.884. The fourth-order valence-corrected chi connectivity index (χ4v) is 2.70. The number of rotatable bonds is 6. The molecule has 24 heavy (non-hydrogen) atoms. The second-order valence-corrected chi connectivity index (χ2v) is 5.48. The van der Waals surface area contributed by atoms with Crippen LogP contribution in [0.4, 0.5) is 0 Å². The molecule has 0 unspecified atom stereocenters. The molecule has 0 aliphatic rings. The minimum Gasteiger partial charge on any atom is -0.496 e. The standard InChI is InChI=1S/C19H23NO4/c1-12-9-13(2)14(17(10-12)24-5)11-20-19(21)18-15(22-3)7-6-8-16(18)23-4/h6-10H,11H2,1-5H3,(H,20,21). The molecule has 0 spiro atoms. The number of ether oxygens (including phenoxy) is 3. The molecule has 128 valence electrons. The van der Waals surface area contributed by atoms with Crippen molar-refractivity contribution in [3.8, 4) is 17.2 Å². The predicted molar refractivity (Wildman–Crippen MR) is 93.2 cm³/mol. The molecule has 2 aromatic carbocycles. The van der Waals surface area contributed by atoms with Gasteiger partial charge in [0.2, 0.25) is 0 Å². The van der Waals surface area contributed by atoms with Crippen LogP contribution in [0.3, 0.4) is 0 Å². The van der Waals surface area contributed by atoms with E-state index in [1.165, 1.54) is 14.2 Å². The van der Waals surface area contributed by atoms with Crippen LogP contribution in [0.15, 0.2) is 30.3 Å². The van der Waals surface area contributed by atoms with Crippen molar-refractivity contribution in [2.45, 2.75) is 20.4 Å². The zero-order valence-corrected chi connectivity index (χ0v) is 14.7. The van der Waals surface area contributed by atoms with Crippen LogP contribution in [0.25, 0.3) is 0 Å². The Balaban J connectivity index is 2.27. The topological polar surface area (TPSA) is 56.8 Å². The highest BCUT2D eigenvalue weighted by molar-refractivity contribution is 5.99. The number of carbonyl (C=O) groups excluding carboxylic acids is 1. The molecular weight excluding hydrogens is 306 g/mol. The van der Waals surface area contributed by atoms with Gasteiger partial charge in [0.05, 0.1) is 21.3 Å². The molecule has 1 amide bonds. The summed E-state index contributed by atoms with van der Waals surface area (Å²) < 4.78 is 16.0. The third-order valence-corrected chi connectivity index (χ3v) is 3.88. The van der Waals surface area contributed by atoms with Gasteiger partial charge in [-0.1, -0.05) is 12.1 Å². The predicted octanol–water partition coefficient (Wildman–Crippen LogP) is 3.26. The minimum atomic E-state index is -0.258. The fourth-order valence-electron chi connectivity index (χ4n) is 2.70. The summed E-state index contributed by atoms with van der Waals surface area (Å²) in [6.45, 7) is 4.37. The van der Waals surface area contributed by atoms with E-state index in [0.29, 0.717) is 23.6 Å². The fraction of sp³-hybridized carbons (Fsp3) is 0.316. The Morgan fingerprint density at radius 1 is 0.958 bits per heavy atom. The van der Waals surface area contributed by atoms with Crippen LogP contribution in [-0.4, -0.2) is 27.2 Å². The third-order valence-electron chi connectivity index (χ3n) is 3.88. The van der Waals surface area contributed by atoms with Crippen molar-refractivity contribution in [2.75, 3.05) is 21.3 Å². The molecule has 5 heteroatoms. The second-order valence-electron chi connectivity index (χ2n) is 5.48. The Bertz CT molecular complexity index is 718. The van der Waals surface area contributed by atoms with Gasteiger partial charge in [0, 0.05) is 12.1 Å². The lowest BCUT2D eigenvalue weighted by molar-refractivity contribution is 0.0944. The van der Waals surface area contributed by atoms with Crippen molar-refractivity contribution in [3.05, 3.63) is 52.6 Å². The maximum atomic E-state index is 12.6. The van der Waals surface area contributed by atoms with Gasteiger partial charge in [0.1, 0.15) is 22.8 Å². The monoisotopic (exact) mass is 329 g/mol. The first-order chi connectivity index (χ1) is 11.5. The summed E-state index contributed by atoms with van der Waals surface area (Å²) >= 11 is 0. The molecule has 0 radical (unpaired) electrons. The Morgan fingerprint density at radius 3 is 2.08 bits per heavy atom. The minimum absolute atomic E-state index is 0.258. The van der Waals surface area contributed by atoms with Crippen LogP contribution in [0, 0.1) is 13.8 Å². The summed E-state index contributed by atoms with van der Waals surface area (Å²) in [6.07, 6.45) is 0. The smallest absolute Gasteiger partial charge is 0.259 e. The van der Waals surface area contributed by atoms with Crippen LogP contribution in [0.2, 0.25) is 0 Å². The van der Waals surface area contributed by atoms with Crippen LogP contribution in [-0.2, 0) is 6.54 Å². The van der Waals surface area contributed by atoms with Gasteiger partial charge in [-0.3, -0.25) is 4.79 Å². The van der Waals surface area contributed by atoms with Crippen LogP contribution < -0.4 is 19.5 Å². The van der Waals surface area contributed by atoms with Crippen molar-refractivity contribution < 1.29 is 19.0 Å². The molecule has 0 aromatic heterocycles. The van der Waals surface area contributed by atoms with Gasteiger partial charge in [-0.2, -0.15) is 0 Å². The van der Waals surface area contributed by atoms with Gasteiger partial charge in [0.25, 0.3) is 5.91 Å². The number of nitrogens with one attached hydrogen (secondary N) is 1. The molecule has 0 aliphatic heterocycles. The molecule has 0 saturated heterocycles. The van der Waals surface area contributed by atoms with Gasteiger partial charge >= 0.3 is 0 Å². The highest BCUT2D eigenvalue weighted by Gasteiger charge is 2.18. The van der Waals surface area contributed by atoms with Crippen molar-refractivity contribution >= 4 is 5.91 Å². The van der Waals surface area contributed by atoms with E-state index < -0.39 is 0 Å². The van der Waals surface area contributed by atoms with Gasteiger partial charge in [-0.05, 0) is 43.2 Å². The Hall–Kier alpha value is -2.69. The number of aryl methyl sites for hydroxylation is 2. The van der Waals surface area contributed by atoms with E-state index in [9.17, 15) is 4.79 Å². The lowest BCUT2D eigenvalue weighted by Crippen LogP contribution is -2.24. The zero-order valence-electron chi connectivity index (χ0n) is 14.7. The molecule has 2 rings (SSSR count). The summed E-state index contributed by atoms with van der Waals surface area (Å²) in [5, 5.41) is 2.92. The number of methoxy groups -OCH3 is 3. The van der Waals surface area contributed by atoms with Crippen LogP contribution in [0.1, 0.15) is 27.0 Å². The van der Waals surface area contributed by atoms with Gasteiger partial charge < -0.3 is 19.5 Å². The SMILES string of the molecule is COc1cc(C)cc(C)c1CNC(=O)c1c(OC)cccc1OC. The third kappa shape index (κ3) is 3.62. The maximum Gasteiger partial charge on any atom is 0.259 e. The molecule has 2 aromatic rings. The van der Waals surface area contributed by atoms with E-state index in [-0.39, 0.29) is 5.91 Å². The average molecular weight is 329 g/mol. The van der Waals surface area contributed by atoms with Crippen LogP contribution >= 0.6 is 0 Å². The van der Waals surface area contributed by atoms with E-state index in [2.05, 4.69) is 11.4 Å². The first kappa shape index (κ1) is 17.7. The largest absolute Gasteiger partial charge is 0.496 e. The lowest BCUT2D eigenvalue weighted by atomic mass is 10.0. The Labute approximate surface area is 142 Å². The van der Waals surface area contributed by atoms with Crippen LogP contribution in [0.5, 0.6) is 17.2 Å². The van der Waals surface area contributed by atoms with Gasteiger partial charge in [-0.25, -0.2) is 0 Å². The van der Waals surface area contributed by atoms with Crippen molar-refractivity contribution in [2.24, 2.45) is 0 Å². The van der Waals surface area contributed by atoms with E-state index in [1.807, 2.05) is 19.9 Å². The second kappa shape index (κ2) is 7.73. The average Bonchev–Trinajstić information content (AvgIpc) is 2.59. The van der Waals surface area contributed by atoms with Crippen molar-refractivity contribution in [1.82, 2.24) is 5.32 Å². The zero-order chi connectivity index (χ0) is 17.7. The molecule has 0 atom stereocenters. The van der Waals surface area contributed by atoms with Crippen molar-refractivity contribution in [3.63, 3.8) is 0 Å². The first-order valence-corrected chi connectivity index (χ1v) is 7.65. The molecule has 0 bridgehead atoms. The lowest BCUT2D eigenvalue weighted by Gasteiger charge is -2.16. The van der Waals surface area contributed by atoms with Gasteiger partial charge in [-0.15, -0.1) is 0 Å². The highest BCUT2D eigenvalue weighted by Crippen LogP contribution is 2.29.